The highest BCUT2D eigenvalue weighted by molar-refractivity contribution is 7.09. The van der Waals surface area contributed by atoms with Gasteiger partial charge in [0.15, 0.2) is 11.6 Å². The molecule has 0 aliphatic carbocycles. The molecule has 0 amide bonds. The fraction of sp³-hybridized carbons (Fsp3) is 0.333. The second-order valence-electron chi connectivity index (χ2n) is 2.98. The van der Waals surface area contributed by atoms with Crippen LogP contribution < -0.4 is 5.73 Å². The summed E-state index contributed by atoms with van der Waals surface area (Å²) >= 11 is 1.59. The number of rotatable bonds is 2. The van der Waals surface area contributed by atoms with Crippen LogP contribution in [0.3, 0.4) is 0 Å². The Morgan fingerprint density at radius 1 is 1.57 bits per heavy atom. The van der Waals surface area contributed by atoms with E-state index in [0.717, 1.165) is 22.7 Å². The van der Waals surface area contributed by atoms with Gasteiger partial charge in [0.05, 0.1) is 5.01 Å². The number of anilines is 1. The second-order valence-corrected chi connectivity index (χ2v) is 4.04. The van der Waals surface area contributed by atoms with Crippen LogP contribution in [0.15, 0.2) is 9.90 Å². The Morgan fingerprint density at radius 3 is 2.93 bits per heavy atom. The summed E-state index contributed by atoms with van der Waals surface area (Å²) in [4.78, 5) is 4.33. The van der Waals surface area contributed by atoms with Gasteiger partial charge in [-0.1, -0.05) is 12.1 Å². The summed E-state index contributed by atoms with van der Waals surface area (Å²) in [6.07, 6.45) is 0.807. The zero-order chi connectivity index (χ0) is 10.1. The Hall–Kier alpha value is -1.36. The molecule has 0 aliphatic rings. The quantitative estimate of drug-likeness (QED) is 0.823. The van der Waals surface area contributed by atoms with E-state index < -0.39 is 0 Å². The SMILES string of the molecule is CCc1c(N)noc1-c1csc(C)n1. The molecule has 74 valence electrons. The van der Waals surface area contributed by atoms with Crippen molar-refractivity contribution in [2.75, 3.05) is 5.73 Å². The van der Waals surface area contributed by atoms with Gasteiger partial charge in [0.2, 0.25) is 0 Å². The largest absolute Gasteiger partial charge is 0.381 e. The molecule has 2 N–H and O–H groups in total. The van der Waals surface area contributed by atoms with E-state index in [-0.39, 0.29) is 0 Å². The summed E-state index contributed by atoms with van der Waals surface area (Å²) in [5.41, 5.74) is 7.43. The summed E-state index contributed by atoms with van der Waals surface area (Å²) in [5, 5.41) is 6.70. The van der Waals surface area contributed by atoms with Crippen molar-refractivity contribution in [3.8, 4) is 11.5 Å². The standard InChI is InChI=1S/C9H11N3OS/c1-3-6-8(13-12-9(6)10)7-4-14-5(2)11-7/h4H,3H2,1-2H3,(H2,10,12). The number of nitrogen functional groups attached to an aromatic ring is 1. The molecule has 0 saturated heterocycles. The molecule has 14 heavy (non-hydrogen) atoms. The zero-order valence-electron chi connectivity index (χ0n) is 8.07. The van der Waals surface area contributed by atoms with Crippen LogP contribution in [0.1, 0.15) is 17.5 Å². The molecule has 0 saturated carbocycles. The van der Waals surface area contributed by atoms with Crippen molar-refractivity contribution in [2.24, 2.45) is 0 Å². The molecular formula is C9H11N3OS. The van der Waals surface area contributed by atoms with E-state index in [1.54, 1.807) is 11.3 Å². The van der Waals surface area contributed by atoms with Crippen molar-refractivity contribution in [1.29, 1.82) is 0 Å². The van der Waals surface area contributed by atoms with Gasteiger partial charge in [-0.3, -0.25) is 0 Å². The molecule has 0 fully saturated rings. The average molecular weight is 209 g/mol. The number of hydrogen-bond donors (Lipinski definition) is 1. The second kappa shape index (κ2) is 3.42. The third kappa shape index (κ3) is 1.39. The van der Waals surface area contributed by atoms with Crippen LogP contribution >= 0.6 is 11.3 Å². The summed E-state index contributed by atoms with van der Waals surface area (Å²) < 4.78 is 5.15. The summed E-state index contributed by atoms with van der Waals surface area (Å²) in [6.45, 7) is 3.98. The van der Waals surface area contributed by atoms with E-state index in [1.807, 2.05) is 19.2 Å². The van der Waals surface area contributed by atoms with Gasteiger partial charge in [0.25, 0.3) is 0 Å². The fourth-order valence-electron chi connectivity index (χ4n) is 1.33. The average Bonchev–Trinajstić information content (AvgIpc) is 2.71. The van der Waals surface area contributed by atoms with Crippen molar-refractivity contribution in [3.05, 3.63) is 16.0 Å². The third-order valence-corrected chi connectivity index (χ3v) is 2.80. The highest BCUT2D eigenvalue weighted by Gasteiger charge is 2.15. The maximum absolute atomic E-state index is 5.67. The first-order valence-electron chi connectivity index (χ1n) is 4.39. The number of aromatic nitrogens is 2. The van der Waals surface area contributed by atoms with Crippen LogP contribution in [0.4, 0.5) is 5.82 Å². The molecule has 0 aromatic carbocycles. The normalized spacial score (nSPS) is 10.7. The molecule has 2 heterocycles. The number of nitrogens with zero attached hydrogens (tertiary/aromatic N) is 2. The van der Waals surface area contributed by atoms with E-state index in [1.165, 1.54) is 0 Å². The van der Waals surface area contributed by atoms with Crippen molar-refractivity contribution >= 4 is 17.2 Å². The van der Waals surface area contributed by atoms with Gasteiger partial charge in [-0.2, -0.15) is 0 Å². The maximum atomic E-state index is 5.67. The molecule has 5 heteroatoms. The third-order valence-electron chi connectivity index (χ3n) is 2.02. The van der Waals surface area contributed by atoms with Crippen molar-refractivity contribution in [2.45, 2.75) is 20.3 Å². The fourth-order valence-corrected chi connectivity index (χ4v) is 1.93. The van der Waals surface area contributed by atoms with Crippen LogP contribution in [0.5, 0.6) is 0 Å². The molecule has 0 bridgehead atoms. The molecule has 2 aromatic heterocycles. The molecule has 0 radical (unpaired) electrons. The van der Waals surface area contributed by atoms with Gasteiger partial charge in [-0.15, -0.1) is 11.3 Å². The van der Waals surface area contributed by atoms with Crippen molar-refractivity contribution < 1.29 is 4.52 Å². The molecule has 2 aromatic rings. The van der Waals surface area contributed by atoms with Gasteiger partial charge < -0.3 is 10.3 Å². The lowest BCUT2D eigenvalue weighted by atomic mass is 10.1. The van der Waals surface area contributed by atoms with E-state index in [4.69, 9.17) is 10.3 Å². The Bertz CT molecular complexity index is 447. The lowest BCUT2D eigenvalue weighted by Gasteiger charge is -1.93. The monoisotopic (exact) mass is 209 g/mol. The molecule has 0 unspecified atom stereocenters. The lowest BCUT2D eigenvalue weighted by molar-refractivity contribution is 0.434. The Labute approximate surface area is 85.7 Å². The Balaban J connectivity index is 2.51. The Kier molecular flexibility index (Phi) is 2.25. The van der Waals surface area contributed by atoms with Crippen LogP contribution in [0.2, 0.25) is 0 Å². The van der Waals surface area contributed by atoms with Gasteiger partial charge in [-0.05, 0) is 13.3 Å². The predicted octanol–water partition coefficient (Wildman–Crippen LogP) is 2.25. The molecular weight excluding hydrogens is 198 g/mol. The highest BCUT2D eigenvalue weighted by atomic mass is 32.1. The smallest absolute Gasteiger partial charge is 0.191 e. The van der Waals surface area contributed by atoms with Crippen LogP contribution in [0, 0.1) is 6.92 Å². The first-order chi connectivity index (χ1) is 6.72. The van der Waals surface area contributed by atoms with Crippen LogP contribution in [-0.2, 0) is 6.42 Å². The molecule has 0 atom stereocenters. The summed E-state index contributed by atoms with van der Waals surface area (Å²) in [7, 11) is 0. The van der Waals surface area contributed by atoms with Gasteiger partial charge in [0.1, 0.15) is 5.69 Å². The zero-order valence-corrected chi connectivity index (χ0v) is 8.89. The first kappa shape index (κ1) is 9.21. The minimum Gasteiger partial charge on any atom is -0.381 e. The minimum absolute atomic E-state index is 0.466. The minimum atomic E-state index is 0.466. The predicted molar refractivity (Wildman–Crippen MR) is 56.1 cm³/mol. The summed E-state index contributed by atoms with van der Waals surface area (Å²) in [6, 6.07) is 0. The van der Waals surface area contributed by atoms with Crippen molar-refractivity contribution in [1.82, 2.24) is 10.1 Å². The van der Waals surface area contributed by atoms with E-state index in [2.05, 4.69) is 10.1 Å². The van der Waals surface area contributed by atoms with Gasteiger partial charge in [0, 0.05) is 10.9 Å². The van der Waals surface area contributed by atoms with Gasteiger partial charge >= 0.3 is 0 Å². The maximum Gasteiger partial charge on any atom is 0.191 e. The number of nitrogens with two attached hydrogens (primary N) is 1. The van der Waals surface area contributed by atoms with Crippen molar-refractivity contribution in [3.63, 3.8) is 0 Å². The summed E-state index contributed by atoms with van der Waals surface area (Å²) in [5.74, 6) is 1.17. The Morgan fingerprint density at radius 2 is 2.36 bits per heavy atom. The van der Waals surface area contributed by atoms with Gasteiger partial charge in [-0.25, -0.2) is 4.98 Å². The van der Waals surface area contributed by atoms with E-state index in [0.29, 0.717) is 11.6 Å². The lowest BCUT2D eigenvalue weighted by Crippen LogP contribution is -1.90. The first-order valence-corrected chi connectivity index (χ1v) is 5.27. The number of thiazole rings is 1. The highest BCUT2D eigenvalue weighted by Crippen LogP contribution is 2.28. The molecule has 4 nitrogen and oxygen atoms in total. The van der Waals surface area contributed by atoms with Crippen LogP contribution in [0.25, 0.3) is 11.5 Å². The molecule has 0 spiro atoms. The molecule has 0 aliphatic heterocycles. The van der Waals surface area contributed by atoms with E-state index in [9.17, 15) is 0 Å². The van der Waals surface area contributed by atoms with Crippen LogP contribution in [-0.4, -0.2) is 10.1 Å². The van der Waals surface area contributed by atoms with E-state index >= 15 is 0 Å². The number of hydrogen-bond acceptors (Lipinski definition) is 5. The number of aryl methyl sites for hydroxylation is 1. The topological polar surface area (TPSA) is 64.9 Å². The molecule has 2 rings (SSSR count).